The van der Waals surface area contributed by atoms with E-state index in [4.69, 9.17) is 8.50 Å². The van der Waals surface area contributed by atoms with Crippen LogP contribution in [-0.2, 0) is 11.8 Å². The van der Waals surface area contributed by atoms with Gasteiger partial charge in [0.1, 0.15) is 0 Å². The number of fused-ring (bicyclic) bond motifs is 3. The van der Waals surface area contributed by atoms with E-state index in [2.05, 4.69) is 55.9 Å². The highest BCUT2D eigenvalue weighted by Crippen LogP contribution is 2.57. The lowest BCUT2D eigenvalue weighted by molar-refractivity contribution is 0.0327. The van der Waals surface area contributed by atoms with Crippen LogP contribution < -0.4 is 0 Å². The summed E-state index contributed by atoms with van der Waals surface area (Å²) in [6.45, 7) is 9.98. The Labute approximate surface area is 144 Å². The summed E-state index contributed by atoms with van der Waals surface area (Å²) in [7, 11) is 0. The van der Waals surface area contributed by atoms with Crippen molar-refractivity contribution in [2.75, 3.05) is 6.54 Å². The highest BCUT2D eigenvalue weighted by atomic mass is 15.1. The van der Waals surface area contributed by atoms with Crippen LogP contribution in [0.3, 0.4) is 0 Å². The molecule has 3 nitrogen and oxygen atoms in total. The molecule has 3 rings (SSSR count). The van der Waals surface area contributed by atoms with E-state index in [1.165, 1.54) is 37.7 Å². The third-order valence-corrected chi connectivity index (χ3v) is 6.66. The second-order valence-corrected chi connectivity index (χ2v) is 8.48. The molecule has 0 radical (unpaired) electrons. The summed E-state index contributed by atoms with van der Waals surface area (Å²) < 4.78 is 10.0. The van der Waals surface area contributed by atoms with Gasteiger partial charge in [-0.05, 0) is 70.6 Å². The summed E-state index contributed by atoms with van der Waals surface area (Å²) in [4.78, 5) is 3.04. The molecule has 0 spiro atoms. The molecule has 0 aromatic heterocycles. The maximum absolute atomic E-state index is 8.77. The molecular formula is C20H33N3. The molecule has 0 bridgehead atoms. The van der Waals surface area contributed by atoms with E-state index in [-0.39, 0.29) is 12.3 Å². The maximum atomic E-state index is 8.77. The van der Waals surface area contributed by atoms with E-state index in [1.807, 2.05) is 0 Å². The first-order valence-corrected chi connectivity index (χ1v) is 9.05. The van der Waals surface area contributed by atoms with Gasteiger partial charge >= 0.3 is 0 Å². The molecule has 23 heavy (non-hydrogen) atoms. The molecule has 1 saturated carbocycles. The first-order valence-electron chi connectivity index (χ1n) is 10.0. The summed E-state index contributed by atoms with van der Waals surface area (Å²) in [5.74, 6) is 1.21. The van der Waals surface area contributed by atoms with Gasteiger partial charge in [0.25, 0.3) is 0 Å². The Morgan fingerprint density at radius 2 is 2.17 bits per heavy atom. The van der Waals surface area contributed by atoms with Gasteiger partial charge in [-0.25, -0.2) is 0 Å². The molecule has 0 amide bonds. The number of aryl methyl sites for hydroxylation is 1. The fourth-order valence-corrected chi connectivity index (χ4v) is 5.39. The van der Waals surface area contributed by atoms with Gasteiger partial charge in [-0.3, -0.25) is 0 Å². The second-order valence-electron chi connectivity index (χ2n) is 8.48. The fourth-order valence-electron chi connectivity index (χ4n) is 5.39. The van der Waals surface area contributed by atoms with Crippen molar-refractivity contribution in [2.45, 2.75) is 71.1 Å². The Morgan fingerprint density at radius 3 is 2.87 bits per heavy atom. The van der Waals surface area contributed by atoms with E-state index in [1.54, 1.807) is 11.1 Å². The zero-order chi connectivity index (χ0) is 18.7. The van der Waals surface area contributed by atoms with Gasteiger partial charge in [-0.2, -0.15) is 0 Å². The van der Waals surface area contributed by atoms with Crippen molar-refractivity contribution in [1.29, 1.82) is 0 Å². The Kier molecular flexibility index (Phi) is 3.85. The van der Waals surface area contributed by atoms with Crippen LogP contribution in [0, 0.1) is 11.3 Å². The lowest BCUT2D eigenvalue weighted by atomic mass is 9.50. The third-order valence-electron chi connectivity index (χ3n) is 6.66. The Balaban J connectivity index is 0.00000109. The first kappa shape index (κ1) is 15.1. The number of azide groups is 1. The smallest absolute Gasteiger partial charge is 0.0314 e. The van der Waals surface area contributed by atoms with E-state index in [0.29, 0.717) is 18.4 Å². The number of hydrogen-bond acceptors (Lipinski definition) is 1. The number of rotatable bonds is 3. The van der Waals surface area contributed by atoms with Crippen molar-refractivity contribution in [2.24, 2.45) is 16.4 Å². The van der Waals surface area contributed by atoms with Gasteiger partial charge in [0.2, 0.25) is 0 Å². The van der Waals surface area contributed by atoms with E-state index in [0.717, 1.165) is 0 Å². The highest BCUT2D eigenvalue weighted by Gasteiger charge is 2.51. The van der Waals surface area contributed by atoms with Crippen molar-refractivity contribution >= 4 is 0 Å². The SMILES string of the molecule is CC(C)c1ccc2c(c1)CC[C@H]1[C@](C)(CN=[N+]=[N-])CCC[C@]21C.[2HH].[2H][2H]. The monoisotopic (exact) mass is 318 g/mol. The summed E-state index contributed by atoms with van der Waals surface area (Å²) >= 11 is 0. The van der Waals surface area contributed by atoms with Crippen LogP contribution >= 0.6 is 0 Å². The lowest BCUT2D eigenvalue weighted by Crippen LogP contribution is -2.50. The molecule has 0 heterocycles. The van der Waals surface area contributed by atoms with Gasteiger partial charge < -0.3 is 0 Å². The molecule has 3 heteroatoms. The van der Waals surface area contributed by atoms with Gasteiger partial charge in [-0.15, -0.1) is 0 Å². The molecule has 3 atom stereocenters. The van der Waals surface area contributed by atoms with Crippen LogP contribution in [-0.4, -0.2) is 6.54 Å². The standard InChI is InChI=1S/C20H29N3.2H2/c1-14(2)15-6-8-17-16(12-15)7-9-18-19(3,13-22-23-21)10-5-11-20(17,18)4;;/h6,8,12,14,18H,5,7,9-11,13H2,1-4H3;2*1H/t18-,19-,20+;;/m0../s1/i;1+1D;1+1. The van der Waals surface area contributed by atoms with Gasteiger partial charge in [0.05, 0.1) is 0 Å². The molecule has 0 aliphatic heterocycles. The predicted molar refractivity (Wildman–Crippen MR) is 99.9 cm³/mol. The average molecular weight is 319 g/mol. The van der Waals surface area contributed by atoms with Crippen molar-refractivity contribution < 1.29 is 4.40 Å². The van der Waals surface area contributed by atoms with Crippen molar-refractivity contribution in [3.63, 3.8) is 0 Å². The zero-order valence-electron chi connectivity index (χ0n) is 17.0. The first-order chi connectivity index (χ1) is 11.9. The van der Waals surface area contributed by atoms with E-state index >= 15 is 0 Å². The van der Waals surface area contributed by atoms with Crippen molar-refractivity contribution in [1.82, 2.24) is 0 Å². The Hall–Kier alpha value is -1.47. The molecule has 128 valence electrons. The number of hydrogen-bond donors (Lipinski definition) is 0. The maximum Gasteiger partial charge on any atom is 0.0314 e. The topological polar surface area (TPSA) is 48.8 Å². The highest BCUT2D eigenvalue weighted by molar-refractivity contribution is 5.42. The fraction of sp³-hybridized carbons (Fsp3) is 0.700. The predicted octanol–water partition coefficient (Wildman–Crippen LogP) is 6.62. The van der Waals surface area contributed by atoms with E-state index < -0.39 is 0 Å². The molecule has 2 aliphatic carbocycles. The van der Waals surface area contributed by atoms with E-state index in [9.17, 15) is 0 Å². The molecule has 2 aliphatic rings. The minimum absolute atomic E-state index is 0. The second kappa shape index (κ2) is 5.87. The minimum atomic E-state index is 0. The Morgan fingerprint density at radius 1 is 1.39 bits per heavy atom. The summed E-state index contributed by atoms with van der Waals surface area (Å²) in [5, 5.41) is 3.96. The minimum Gasteiger partial charge on any atom is -0.0934 e. The van der Waals surface area contributed by atoms with Crippen molar-refractivity contribution in [3.05, 3.63) is 45.3 Å². The molecule has 1 aromatic rings. The van der Waals surface area contributed by atoms with Crippen LogP contribution in [0.15, 0.2) is 23.3 Å². The average Bonchev–Trinajstić information content (AvgIpc) is 2.61. The normalized spacial score (nSPS) is 33.2. The third kappa shape index (κ3) is 2.65. The molecule has 0 N–H and O–H groups in total. The number of benzene rings is 1. The van der Waals surface area contributed by atoms with Crippen molar-refractivity contribution in [3.8, 4) is 0 Å². The van der Waals surface area contributed by atoms with Gasteiger partial charge in [-0.1, -0.05) is 57.4 Å². The molecule has 1 fully saturated rings. The molecule has 1 aromatic carbocycles. The summed E-state index contributed by atoms with van der Waals surface area (Å²) in [5.41, 5.74) is 13.7. The van der Waals surface area contributed by atoms with Crippen LogP contribution in [0.4, 0.5) is 0 Å². The van der Waals surface area contributed by atoms with Gasteiger partial charge in [0, 0.05) is 15.9 Å². The lowest BCUT2D eigenvalue weighted by Gasteiger charge is -2.55. The summed E-state index contributed by atoms with van der Waals surface area (Å²) in [6.07, 6.45) is 6.07. The molecule has 0 saturated heterocycles. The molecule has 0 unspecified atom stereocenters. The van der Waals surface area contributed by atoms with Crippen LogP contribution in [0.2, 0.25) is 0 Å². The zero-order valence-corrected chi connectivity index (χ0v) is 15.0. The Bertz CT molecular complexity index is 658. The van der Waals surface area contributed by atoms with Crippen LogP contribution in [0.5, 0.6) is 0 Å². The van der Waals surface area contributed by atoms with Crippen LogP contribution in [0.1, 0.15) is 80.4 Å². The van der Waals surface area contributed by atoms with Crippen LogP contribution in [0.25, 0.3) is 10.4 Å². The number of nitrogens with zero attached hydrogens (tertiary/aromatic N) is 3. The molecular weight excluding hydrogens is 282 g/mol. The largest absolute Gasteiger partial charge is 0.0934 e. The summed E-state index contributed by atoms with van der Waals surface area (Å²) in [6, 6.07) is 7.17. The quantitative estimate of drug-likeness (QED) is 0.341. The van der Waals surface area contributed by atoms with Gasteiger partial charge in [0.15, 0.2) is 0 Å².